The van der Waals surface area contributed by atoms with E-state index in [0.717, 1.165) is 32.5 Å². The summed E-state index contributed by atoms with van der Waals surface area (Å²) in [6.07, 6.45) is 1.83. The topological polar surface area (TPSA) is 38.8 Å². The van der Waals surface area contributed by atoms with Crippen LogP contribution in [0.3, 0.4) is 0 Å². The zero-order valence-electron chi connectivity index (χ0n) is 14.6. The molecule has 4 nitrogen and oxygen atoms in total. The average molecular weight is 372 g/mol. The second kappa shape index (κ2) is 7.49. The molecule has 0 atom stereocenters. The van der Waals surface area contributed by atoms with Crippen molar-refractivity contribution in [1.82, 2.24) is 4.90 Å². The highest BCUT2D eigenvalue weighted by Gasteiger charge is 2.39. The number of hydrogen-bond donors (Lipinski definition) is 0. The normalized spacial score (nSPS) is 19.7. The Balaban J connectivity index is 1.38. The maximum Gasteiger partial charge on any atom is 0.194 e. The fraction of sp³-hybridized carbons (Fsp3) is 0.381. The molecule has 0 radical (unpaired) electrons. The third-order valence-corrected chi connectivity index (χ3v) is 5.50. The molecule has 5 heteroatoms. The van der Waals surface area contributed by atoms with Crippen molar-refractivity contribution >= 4 is 17.4 Å². The predicted octanol–water partition coefficient (Wildman–Crippen LogP) is 3.91. The van der Waals surface area contributed by atoms with Crippen molar-refractivity contribution in [3.05, 3.63) is 70.2 Å². The minimum Gasteiger partial charge on any atom is -0.347 e. The molecule has 2 saturated heterocycles. The predicted molar refractivity (Wildman–Crippen MR) is 100 cm³/mol. The van der Waals surface area contributed by atoms with E-state index >= 15 is 0 Å². The number of benzene rings is 2. The molecule has 2 aromatic carbocycles. The molecule has 0 unspecified atom stereocenters. The number of ether oxygens (including phenoxy) is 2. The minimum absolute atomic E-state index is 0.0439. The van der Waals surface area contributed by atoms with Gasteiger partial charge in [-0.3, -0.25) is 9.69 Å². The maximum atomic E-state index is 12.6. The Morgan fingerprint density at radius 1 is 1.00 bits per heavy atom. The molecular weight excluding hydrogens is 350 g/mol. The highest BCUT2D eigenvalue weighted by atomic mass is 35.5. The Morgan fingerprint density at radius 2 is 1.65 bits per heavy atom. The number of piperidine rings is 1. The Hall–Kier alpha value is -1.72. The Morgan fingerprint density at radius 3 is 2.31 bits per heavy atom. The molecule has 0 N–H and O–H groups in total. The van der Waals surface area contributed by atoms with Crippen molar-refractivity contribution in [2.45, 2.75) is 25.2 Å². The van der Waals surface area contributed by atoms with Crippen LogP contribution in [0.4, 0.5) is 0 Å². The summed E-state index contributed by atoms with van der Waals surface area (Å²) in [5, 5.41) is 0.486. The van der Waals surface area contributed by atoms with Crippen LogP contribution in [0.15, 0.2) is 48.5 Å². The molecule has 136 valence electrons. The van der Waals surface area contributed by atoms with Gasteiger partial charge in [0.1, 0.15) is 0 Å². The van der Waals surface area contributed by atoms with Gasteiger partial charge in [0.25, 0.3) is 0 Å². The maximum absolute atomic E-state index is 12.6. The molecule has 26 heavy (non-hydrogen) atoms. The molecule has 0 aliphatic carbocycles. The molecule has 2 aromatic rings. The van der Waals surface area contributed by atoms with Gasteiger partial charge in [0, 0.05) is 43.6 Å². The summed E-state index contributed by atoms with van der Waals surface area (Å²) in [5.74, 6) is -0.376. The number of rotatable bonds is 4. The van der Waals surface area contributed by atoms with Gasteiger partial charge >= 0.3 is 0 Å². The molecule has 2 aliphatic heterocycles. The number of ketones is 1. The van der Waals surface area contributed by atoms with Crippen molar-refractivity contribution in [1.29, 1.82) is 0 Å². The summed E-state index contributed by atoms with van der Waals surface area (Å²) >= 11 is 6.13. The molecule has 0 amide bonds. The van der Waals surface area contributed by atoms with Crippen molar-refractivity contribution in [3.8, 4) is 0 Å². The number of carbonyl (C=O) groups is 1. The Bertz CT molecular complexity index is 774. The first kappa shape index (κ1) is 17.7. The van der Waals surface area contributed by atoms with E-state index in [1.807, 2.05) is 36.4 Å². The van der Waals surface area contributed by atoms with Gasteiger partial charge in [-0.1, -0.05) is 48.0 Å². The second-order valence-electron chi connectivity index (χ2n) is 6.89. The lowest BCUT2D eigenvalue weighted by atomic mass is 10.0. The van der Waals surface area contributed by atoms with Crippen molar-refractivity contribution in [2.24, 2.45) is 0 Å². The van der Waals surface area contributed by atoms with Crippen molar-refractivity contribution in [3.63, 3.8) is 0 Å². The molecule has 2 aliphatic rings. The minimum atomic E-state index is -0.332. The van der Waals surface area contributed by atoms with Gasteiger partial charge < -0.3 is 9.47 Å². The molecule has 4 rings (SSSR count). The average Bonchev–Trinajstić information content (AvgIpc) is 3.12. The van der Waals surface area contributed by atoms with Crippen LogP contribution in [0.25, 0.3) is 0 Å². The van der Waals surface area contributed by atoms with Crippen LogP contribution in [0.2, 0.25) is 5.02 Å². The monoisotopic (exact) mass is 371 g/mol. The third kappa shape index (κ3) is 3.69. The van der Waals surface area contributed by atoms with Gasteiger partial charge in [0.15, 0.2) is 11.6 Å². The SMILES string of the molecule is O=C(c1ccc(CN2CCC3(CC2)OCCO3)cc1)c1ccccc1Cl. The summed E-state index contributed by atoms with van der Waals surface area (Å²) in [4.78, 5) is 15.0. The summed E-state index contributed by atoms with van der Waals surface area (Å²) < 4.78 is 11.6. The van der Waals surface area contributed by atoms with Gasteiger partial charge in [-0.25, -0.2) is 0 Å². The van der Waals surface area contributed by atoms with Gasteiger partial charge in [-0.15, -0.1) is 0 Å². The molecule has 0 saturated carbocycles. The van der Waals surface area contributed by atoms with E-state index in [-0.39, 0.29) is 11.6 Å². The lowest BCUT2D eigenvalue weighted by Gasteiger charge is -2.37. The van der Waals surface area contributed by atoms with Gasteiger partial charge in [0.2, 0.25) is 0 Å². The third-order valence-electron chi connectivity index (χ3n) is 5.17. The fourth-order valence-electron chi connectivity index (χ4n) is 3.66. The Kier molecular flexibility index (Phi) is 5.09. The number of nitrogens with zero attached hydrogens (tertiary/aromatic N) is 1. The van der Waals surface area contributed by atoms with E-state index in [1.54, 1.807) is 12.1 Å². The molecule has 2 fully saturated rings. The first-order chi connectivity index (χ1) is 12.7. The molecule has 2 heterocycles. The van der Waals surface area contributed by atoms with Gasteiger partial charge in [-0.05, 0) is 17.7 Å². The van der Waals surface area contributed by atoms with E-state index in [1.165, 1.54) is 5.56 Å². The number of carbonyl (C=O) groups excluding carboxylic acids is 1. The van der Waals surface area contributed by atoms with Crippen molar-refractivity contribution < 1.29 is 14.3 Å². The number of halogens is 1. The smallest absolute Gasteiger partial charge is 0.194 e. The first-order valence-electron chi connectivity index (χ1n) is 9.04. The van der Waals surface area contributed by atoms with Crippen LogP contribution in [0.1, 0.15) is 34.3 Å². The highest BCUT2D eigenvalue weighted by Crippen LogP contribution is 2.31. The Labute approximate surface area is 158 Å². The van der Waals surface area contributed by atoms with E-state index in [4.69, 9.17) is 21.1 Å². The fourth-order valence-corrected chi connectivity index (χ4v) is 3.88. The number of likely N-dealkylation sites (tertiary alicyclic amines) is 1. The number of hydrogen-bond acceptors (Lipinski definition) is 4. The van der Waals surface area contributed by atoms with E-state index in [9.17, 15) is 4.79 Å². The van der Waals surface area contributed by atoms with Crippen molar-refractivity contribution in [2.75, 3.05) is 26.3 Å². The molecule has 1 spiro atoms. The summed E-state index contributed by atoms with van der Waals surface area (Å²) in [5.41, 5.74) is 2.40. The lowest BCUT2D eigenvalue weighted by molar-refractivity contribution is -0.185. The van der Waals surface area contributed by atoms with Gasteiger partial charge in [-0.2, -0.15) is 0 Å². The zero-order valence-corrected chi connectivity index (χ0v) is 15.4. The first-order valence-corrected chi connectivity index (χ1v) is 9.41. The summed E-state index contributed by atoms with van der Waals surface area (Å²) in [6.45, 7) is 4.21. The van der Waals surface area contributed by atoms with Crippen LogP contribution in [0, 0.1) is 0 Å². The zero-order chi connectivity index (χ0) is 18.0. The largest absolute Gasteiger partial charge is 0.347 e. The van der Waals surface area contributed by atoms with Crippen LogP contribution in [-0.4, -0.2) is 42.8 Å². The van der Waals surface area contributed by atoms with Crippen LogP contribution in [0.5, 0.6) is 0 Å². The lowest BCUT2D eigenvalue weighted by Crippen LogP contribution is -2.44. The van der Waals surface area contributed by atoms with E-state index in [2.05, 4.69) is 4.90 Å². The van der Waals surface area contributed by atoms with E-state index in [0.29, 0.717) is 29.4 Å². The van der Waals surface area contributed by atoms with Gasteiger partial charge in [0.05, 0.1) is 18.2 Å². The molecular formula is C21H22ClNO3. The van der Waals surface area contributed by atoms with E-state index < -0.39 is 0 Å². The molecule has 0 bridgehead atoms. The standard InChI is InChI=1S/C21H22ClNO3/c22-19-4-2-1-3-18(19)20(24)17-7-5-16(6-8-17)15-23-11-9-21(10-12-23)25-13-14-26-21/h1-8H,9-15H2. The van der Waals surface area contributed by atoms with Crippen LogP contribution >= 0.6 is 11.6 Å². The quantitative estimate of drug-likeness (QED) is 0.764. The summed E-state index contributed by atoms with van der Waals surface area (Å²) in [7, 11) is 0. The van der Waals surface area contributed by atoms with Crippen LogP contribution < -0.4 is 0 Å². The summed E-state index contributed by atoms with van der Waals surface area (Å²) in [6, 6.07) is 15.0. The second-order valence-corrected chi connectivity index (χ2v) is 7.30. The molecule has 0 aromatic heterocycles. The van der Waals surface area contributed by atoms with Crippen LogP contribution in [-0.2, 0) is 16.0 Å². The highest BCUT2D eigenvalue weighted by molar-refractivity contribution is 6.34.